The summed E-state index contributed by atoms with van der Waals surface area (Å²) >= 11 is 0. The molecule has 0 saturated carbocycles. The van der Waals surface area contributed by atoms with Gasteiger partial charge in [0.2, 0.25) is 10.4 Å². The zero-order chi connectivity index (χ0) is 13.8. The first-order valence-electron chi connectivity index (χ1n) is 4.32. The van der Waals surface area contributed by atoms with Gasteiger partial charge in [0.1, 0.15) is 18.3 Å². The van der Waals surface area contributed by atoms with Crippen LogP contribution in [0.3, 0.4) is 0 Å². The molecule has 13 heteroatoms. The zero-order valence-corrected chi connectivity index (χ0v) is 14.1. The fourth-order valence-electron chi connectivity index (χ4n) is 1.12. The smallest absolute Gasteiger partial charge is 0.726 e. The van der Waals surface area contributed by atoms with Crippen molar-refractivity contribution in [2.24, 2.45) is 5.73 Å². The maximum atomic E-state index is 9.20. The Bertz CT molecular complexity index is 316. The van der Waals surface area contributed by atoms with Crippen molar-refractivity contribution in [3.8, 4) is 0 Å². The summed E-state index contributed by atoms with van der Waals surface area (Å²) in [5, 5.41) is 36.1. The second-order valence-electron chi connectivity index (χ2n) is 3.23. The monoisotopic (exact) mass is 332 g/mol. The van der Waals surface area contributed by atoms with Crippen molar-refractivity contribution < 1.29 is 94.1 Å². The third-order valence-electron chi connectivity index (χ3n) is 1.95. The van der Waals surface area contributed by atoms with Crippen molar-refractivity contribution in [3.05, 3.63) is 0 Å². The Kier molecular flexibility index (Phi) is 14.4. The molecule has 1 saturated heterocycles. The standard InChI is InChI=1S/C6H13NO5.K.H3N.H2O4S/c7-3-5(10)4(9)2(1-8)12-6(3)11;;;1-5(2,3)4/h2-6,8-11H,1,7H2;;1H3;(H2,1,2,3,4)/q;+1;;/p-1/t2-,3-,4-,5-,6?;;;/m1.../s1. The van der Waals surface area contributed by atoms with Crippen molar-refractivity contribution in [2.75, 3.05) is 6.61 Å². The number of ether oxygens (including phenoxy) is 1. The summed E-state index contributed by atoms with van der Waals surface area (Å²) in [4.78, 5) is 0. The summed E-state index contributed by atoms with van der Waals surface area (Å²) in [5.41, 5.74) is 5.26. The molecule has 0 aromatic carbocycles. The second-order valence-corrected chi connectivity index (χ2v) is 4.09. The van der Waals surface area contributed by atoms with Crippen LogP contribution in [-0.4, -0.2) is 75.2 Å². The summed E-state index contributed by atoms with van der Waals surface area (Å²) in [7, 11) is -4.92. The Balaban J connectivity index is -0.000000320. The summed E-state index contributed by atoms with van der Waals surface area (Å²) in [6.45, 7) is -0.470. The normalized spacial score (nSPS) is 34.2. The third kappa shape index (κ3) is 10.6. The number of hydrogen-bond donors (Lipinski definition) is 7. The van der Waals surface area contributed by atoms with Crippen LogP contribution in [0.5, 0.6) is 0 Å². The molecule has 11 nitrogen and oxygen atoms in total. The van der Waals surface area contributed by atoms with Crippen LogP contribution in [0.4, 0.5) is 0 Å². The molecule has 0 aromatic rings. The van der Waals surface area contributed by atoms with Gasteiger partial charge in [-0.1, -0.05) is 0 Å². The van der Waals surface area contributed by atoms with E-state index in [-0.39, 0.29) is 57.5 Å². The predicted octanol–water partition coefficient (Wildman–Crippen LogP) is -7.08. The Morgan fingerprint density at radius 3 is 1.89 bits per heavy atom. The van der Waals surface area contributed by atoms with E-state index in [1.807, 2.05) is 0 Å². The molecular weight excluding hydrogens is 315 g/mol. The van der Waals surface area contributed by atoms with Crippen LogP contribution < -0.4 is 63.3 Å². The van der Waals surface area contributed by atoms with Crippen molar-refractivity contribution in [1.29, 1.82) is 0 Å². The Labute approximate surface area is 152 Å². The van der Waals surface area contributed by atoms with Gasteiger partial charge in [0.05, 0.1) is 12.6 Å². The van der Waals surface area contributed by atoms with Crippen molar-refractivity contribution >= 4 is 10.4 Å². The van der Waals surface area contributed by atoms with E-state index < -0.39 is 47.6 Å². The third-order valence-corrected chi connectivity index (χ3v) is 1.95. The molecule has 0 aromatic heterocycles. The van der Waals surface area contributed by atoms with Crippen LogP contribution in [-0.2, 0) is 15.1 Å². The van der Waals surface area contributed by atoms with Gasteiger partial charge in [0, 0.05) is 0 Å². The Morgan fingerprint density at radius 2 is 1.58 bits per heavy atom. The van der Waals surface area contributed by atoms with E-state index in [9.17, 15) is 10.2 Å². The van der Waals surface area contributed by atoms with E-state index in [2.05, 4.69) is 0 Å². The van der Waals surface area contributed by atoms with E-state index in [1.54, 1.807) is 0 Å². The maximum absolute atomic E-state index is 9.20. The van der Waals surface area contributed by atoms with Crippen LogP contribution in [0.25, 0.3) is 0 Å². The molecule has 0 bridgehead atoms. The Morgan fingerprint density at radius 1 is 1.21 bits per heavy atom. The number of rotatable bonds is 1. The largest absolute Gasteiger partial charge is 1.00 e. The average molecular weight is 332 g/mol. The summed E-state index contributed by atoms with van der Waals surface area (Å²) < 4.78 is 37.5. The van der Waals surface area contributed by atoms with Gasteiger partial charge >= 0.3 is 51.4 Å². The van der Waals surface area contributed by atoms with Crippen LogP contribution >= 0.6 is 0 Å². The molecular formula is C6H17KN2O9S. The SMILES string of the molecule is N.N[C@H]1C(O)O[C@H](CO)[C@@H](O)[C@@H]1O.O=S(=O)([O-])O.[K+]. The number of nitrogens with two attached hydrogens (primary N) is 1. The molecule has 1 aliphatic heterocycles. The molecule has 1 heterocycles. The molecule has 0 amide bonds. The first-order valence-corrected chi connectivity index (χ1v) is 5.68. The van der Waals surface area contributed by atoms with Gasteiger partial charge in [0.15, 0.2) is 6.29 Å². The van der Waals surface area contributed by atoms with Crippen LogP contribution in [0.1, 0.15) is 0 Å². The molecule has 112 valence electrons. The van der Waals surface area contributed by atoms with Gasteiger partial charge in [-0.05, 0) is 0 Å². The van der Waals surface area contributed by atoms with E-state index in [4.69, 9.17) is 38.2 Å². The van der Waals surface area contributed by atoms with Gasteiger partial charge in [-0.15, -0.1) is 0 Å². The molecule has 0 spiro atoms. The summed E-state index contributed by atoms with van der Waals surface area (Å²) in [5.74, 6) is 0. The average Bonchev–Trinajstić information content (AvgIpc) is 2.18. The van der Waals surface area contributed by atoms with E-state index >= 15 is 0 Å². The van der Waals surface area contributed by atoms with Crippen molar-refractivity contribution in [2.45, 2.75) is 30.6 Å². The van der Waals surface area contributed by atoms with Gasteiger partial charge < -0.3 is 41.6 Å². The van der Waals surface area contributed by atoms with Gasteiger partial charge in [-0.3, -0.25) is 4.55 Å². The topological polar surface area (TPSA) is 229 Å². The minimum absolute atomic E-state index is 0. The first kappa shape index (κ1) is 25.2. The molecule has 1 rings (SSSR count). The molecule has 0 aliphatic carbocycles. The number of aliphatic hydroxyl groups is 4. The molecule has 5 atom stereocenters. The molecule has 1 fully saturated rings. The summed E-state index contributed by atoms with van der Waals surface area (Å²) in [6, 6.07) is -1.04. The molecule has 10 N–H and O–H groups in total. The van der Waals surface area contributed by atoms with Crippen molar-refractivity contribution in [3.63, 3.8) is 0 Å². The fraction of sp³-hybridized carbons (Fsp3) is 1.00. The van der Waals surface area contributed by atoms with E-state index in [1.165, 1.54) is 0 Å². The molecule has 1 aliphatic rings. The minimum atomic E-state index is -4.92. The van der Waals surface area contributed by atoms with Crippen LogP contribution in [0, 0.1) is 0 Å². The molecule has 19 heavy (non-hydrogen) atoms. The second kappa shape index (κ2) is 10.9. The first-order chi connectivity index (χ1) is 7.57. The number of hydrogen-bond acceptors (Lipinski definition) is 10. The molecule has 0 radical (unpaired) electrons. The van der Waals surface area contributed by atoms with Crippen molar-refractivity contribution in [1.82, 2.24) is 6.15 Å². The quantitative estimate of drug-likeness (QED) is 0.135. The maximum Gasteiger partial charge on any atom is 1.00 e. The Hall–Kier alpha value is 1.23. The van der Waals surface area contributed by atoms with E-state index in [0.717, 1.165) is 0 Å². The minimum Gasteiger partial charge on any atom is -0.726 e. The van der Waals surface area contributed by atoms with Gasteiger partial charge in [-0.2, -0.15) is 0 Å². The predicted molar refractivity (Wildman–Crippen MR) is 55.3 cm³/mol. The van der Waals surface area contributed by atoms with Crippen LogP contribution in [0.2, 0.25) is 0 Å². The fourth-order valence-corrected chi connectivity index (χ4v) is 1.12. The summed E-state index contributed by atoms with van der Waals surface area (Å²) in [6.07, 6.45) is -4.85. The van der Waals surface area contributed by atoms with Gasteiger partial charge in [0.25, 0.3) is 0 Å². The van der Waals surface area contributed by atoms with Gasteiger partial charge in [-0.25, -0.2) is 8.42 Å². The molecule has 1 unspecified atom stereocenters. The van der Waals surface area contributed by atoms with Crippen LogP contribution in [0.15, 0.2) is 0 Å². The number of aliphatic hydroxyl groups excluding tert-OH is 4. The zero-order valence-electron chi connectivity index (χ0n) is 10.2. The van der Waals surface area contributed by atoms with E-state index in [0.29, 0.717) is 0 Å².